The van der Waals surface area contributed by atoms with Gasteiger partial charge in [-0.1, -0.05) is 29.8 Å². The van der Waals surface area contributed by atoms with E-state index in [4.69, 9.17) is 14.6 Å². The van der Waals surface area contributed by atoms with Crippen molar-refractivity contribution >= 4 is 23.9 Å². The van der Waals surface area contributed by atoms with E-state index < -0.39 is 12.0 Å². The number of urea groups is 1. The molecule has 0 spiro atoms. The Bertz CT molecular complexity index is 1130. The number of hydrogen-bond acceptors (Lipinski definition) is 5. The SMILES string of the molecule is COc1cc(/C=N/NC(=O)Nc2ccc(C)cc2)ccc1OCc1cccc(C(=O)O)c1. The quantitative estimate of drug-likeness (QED) is 0.360. The number of carboxylic acid groups (broad SMARTS) is 1. The molecule has 164 valence electrons. The molecule has 0 aromatic heterocycles. The second-order valence-electron chi connectivity index (χ2n) is 6.89. The van der Waals surface area contributed by atoms with E-state index in [1.54, 1.807) is 48.5 Å². The second-order valence-corrected chi connectivity index (χ2v) is 6.89. The van der Waals surface area contributed by atoms with Gasteiger partial charge in [-0.05, 0) is 60.5 Å². The second kappa shape index (κ2) is 10.6. The van der Waals surface area contributed by atoms with E-state index >= 15 is 0 Å². The molecule has 0 aliphatic carbocycles. The first-order valence-corrected chi connectivity index (χ1v) is 9.74. The fraction of sp³-hybridized carbons (Fsp3) is 0.125. The molecule has 3 aromatic carbocycles. The number of ether oxygens (including phenoxy) is 2. The summed E-state index contributed by atoms with van der Waals surface area (Å²) < 4.78 is 11.2. The fourth-order valence-electron chi connectivity index (χ4n) is 2.80. The Morgan fingerprint density at radius 2 is 1.81 bits per heavy atom. The molecule has 8 nitrogen and oxygen atoms in total. The van der Waals surface area contributed by atoms with Gasteiger partial charge in [0.05, 0.1) is 18.9 Å². The number of amides is 2. The number of hydrazone groups is 1. The minimum absolute atomic E-state index is 0.186. The summed E-state index contributed by atoms with van der Waals surface area (Å²) in [5.41, 5.74) is 5.79. The normalized spacial score (nSPS) is 10.6. The summed E-state index contributed by atoms with van der Waals surface area (Å²) in [5, 5.41) is 15.7. The van der Waals surface area contributed by atoms with Crippen LogP contribution in [0.3, 0.4) is 0 Å². The molecule has 0 bridgehead atoms. The highest BCUT2D eigenvalue weighted by atomic mass is 16.5. The fourth-order valence-corrected chi connectivity index (χ4v) is 2.80. The van der Waals surface area contributed by atoms with Crippen molar-refractivity contribution in [2.45, 2.75) is 13.5 Å². The summed E-state index contributed by atoms with van der Waals surface area (Å²) in [5.74, 6) is -0.0166. The number of aromatic carboxylic acids is 1. The Labute approximate surface area is 185 Å². The van der Waals surface area contributed by atoms with Gasteiger partial charge in [-0.25, -0.2) is 15.0 Å². The van der Waals surface area contributed by atoms with Crippen LogP contribution in [0.1, 0.15) is 27.0 Å². The van der Waals surface area contributed by atoms with Gasteiger partial charge in [0.15, 0.2) is 11.5 Å². The lowest BCUT2D eigenvalue weighted by Gasteiger charge is -2.11. The van der Waals surface area contributed by atoms with Gasteiger partial charge in [-0.15, -0.1) is 0 Å². The van der Waals surface area contributed by atoms with Crippen molar-refractivity contribution in [2.24, 2.45) is 5.10 Å². The summed E-state index contributed by atoms with van der Waals surface area (Å²) in [6.45, 7) is 2.15. The predicted molar refractivity (Wildman–Crippen MR) is 122 cm³/mol. The van der Waals surface area contributed by atoms with E-state index in [0.717, 1.165) is 11.1 Å². The molecule has 3 rings (SSSR count). The van der Waals surface area contributed by atoms with E-state index in [2.05, 4.69) is 15.8 Å². The molecule has 0 aliphatic rings. The zero-order valence-electron chi connectivity index (χ0n) is 17.7. The van der Waals surface area contributed by atoms with Crippen LogP contribution >= 0.6 is 0 Å². The van der Waals surface area contributed by atoms with Gasteiger partial charge in [-0.3, -0.25) is 0 Å². The van der Waals surface area contributed by atoms with E-state index in [1.165, 1.54) is 19.4 Å². The number of nitrogens with zero attached hydrogens (tertiary/aromatic N) is 1. The first-order chi connectivity index (χ1) is 15.4. The van der Waals surface area contributed by atoms with Gasteiger partial charge in [0.25, 0.3) is 0 Å². The highest BCUT2D eigenvalue weighted by molar-refractivity contribution is 5.90. The van der Waals surface area contributed by atoms with E-state index in [9.17, 15) is 9.59 Å². The van der Waals surface area contributed by atoms with Gasteiger partial charge in [0, 0.05) is 5.69 Å². The number of hydrogen-bond donors (Lipinski definition) is 3. The maximum absolute atomic E-state index is 11.9. The molecule has 32 heavy (non-hydrogen) atoms. The maximum Gasteiger partial charge on any atom is 0.339 e. The number of carbonyl (C=O) groups is 2. The van der Waals surface area contributed by atoms with Gasteiger partial charge in [-0.2, -0.15) is 5.10 Å². The zero-order valence-corrected chi connectivity index (χ0v) is 17.7. The van der Waals surface area contributed by atoms with E-state index in [-0.39, 0.29) is 12.2 Å². The van der Waals surface area contributed by atoms with Crippen LogP contribution in [0.15, 0.2) is 71.8 Å². The number of nitrogens with one attached hydrogen (secondary N) is 2. The van der Waals surface area contributed by atoms with Crippen molar-refractivity contribution < 1.29 is 24.2 Å². The molecule has 0 radical (unpaired) electrons. The largest absolute Gasteiger partial charge is 0.493 e. The standard InChI is InChI=1S/C24H23N3O5/c1-16-6-9-20(10-7-16)26-24(30)27-25-14-17-8-11-21(22(13-17)31-2)32-15-18-4-3-5-19(12-18)23(28)29/h3-14H,15H2,1-2H3,(H,28,29)(H2,26,27,30)/b25-14+. The Morgan fingerprint density at radius 1 is 1.03 bits per heavy atom. The van der Waals surface area contributed by atoms with E-state index in [0.29, 0.717) is 22.7 Å². The number of benzene rings is 3. The monoisotopic (exact) mass is 433 g/mol. The molecule has 3 aromatic rings. The Balaban J connectivity index is 1.58. The number of aryl methyl sites for hydroxylation is 1. The van der Waals surface area contributed by atoms with Gasteiger partial charge in [0.1, 0.15) is 6.61 Å². The summed E-state index contributed by atoms with van der Waals surface area (Å²) in [6.07, 6.45) is 1.48. The number of rotatable bonds is 8. The van der Waals surface area contributed by atoms with Crippen molar-refractivity contribution in [3.8, 4) is 11.5 Å². The number of carboxylic acids is 1. The lowest BCUT2D eigenvalue weighted by atomic mass is 10.1. The maximum atomic E-state index is 11.9. The molecular weight excluding hydrogens is 410 g/mol. The Kier molecular flexibility index (Phi) is 7.42. The van der Waals surface area contributed by atoms with Crippen LogP contribution in [0, 0.1) is 6.92 Å². The molecular formula is C24H23N3O5. The minimum Gasteiger partial charge on any atom is -0.493 e. The average Bonchev–Trinajstić information content (AvgIpc) is 2.79. The highest BCUT2D eigenvalue weighted by Gasteiger charge is 2.08. The van der Waals surface area contributed by atoms with Gasteiger partial charge in [0.2, 0.25) is 0 Å². The van der Waals surface area contributed by atoms with E-state index in [1.807, 2.05) is 19.1 Å². The van der Waals surface area contributed by atoms with Crippen LogP contribution in [-0.4, -0.2) is 30.4 Å². The average molecular weight is 433 g/mol. The third-order valence-corrected chi connectivity index (χ3v) is 4.45. The predicted octanol–water partition coefficient (Wildman–Crippen LogP) is 4.44. The molecule has 0 heterocycles. The van der Waals surface area contributed by atoms with Crippen LogP contribution in [0.4, 0.5) is 10.5 Å². The third-order valence-electron chi connectivity index (χ3n) is 4.45. The lowest BCUT2D eigenvalue weighted by Crippen LogP contribution is -2.24. The van der Waals surface area contributed by atoms with Crippen molar-refractivity contribution in [1.82, 2.24) is 5.43 Å². The zero-order chi connectivity index (χ0) is 22.9. The van der Waals surface area contributed by atoms with Crippen LogP contribution < -0.4 is 20.2 Å². The van der Waals surface area contributed by atoms with Crippen LogP contribution in [0.2, 0.25) is 0 Å². The van der Waals surface area contributed by atoms with Gasteiger partial charge < -0.3 is 19.9 Å². The Morgan fingerprint density at radius 3 is 2.53 bits per heavy atom. The number of anilines is 1. The highest BCUT2D eigenvalue weighted by Crippen LogP contribution is 2.28. The lowest BCUT2D eigenvalue weighted by molar-refractivity contribution is 0.0696. The number of methoxy groups -OCH3 is 1. The number of carbonyl (C=O) groups excluding carboxylic acids is 1. The van der Waals surface area contributed by atoms with Crippen LogP contribution in [0.25, 0.3) is 0 Å². The molecule has 0 unspecified atom stereocenters. The van der Waals surface area contributed by atoms with Gasteiger partial charge >= 0.3 is 12.0 Å². The van der Waals surface area contributed by atoms with Crippen LogP contribution in [-0.2, 0) is 6.61 Å². The first kappa shape index (κ1) is 22.4. The Hall–Kier alpha value is -4.33. The van der Waals surface area contributed by atoms with Crippen molar-refractivity contribution in [1.29, 1.82) is 0 Å². The topological polar surface area (TPSA) is 109 Å². The molecule has 3 N–H and O–H groups in total. The van der Waals surface area contributed by atoms with Crippen LogP contribution in [0.5, 0.6) is 11.5 Å². The molecule has 0 saturated carbocycles. The molecule has 2 amide bonds. The molecule has 0 fully saturated rings. The van der Waals surface area contributed by atoms with Crippen molar-refractivity contribution in [3.63, 3.8) is 0 Å². The molecule has 0 saturated heterocycles. The summed E-state index contributed by atoms with van der Waals surface area (Å²) in [6, 6.07) is 18.7. The molecule has 8 heteroatoms. The third kappa shape index (κ3) is 6.33. The first-order valence-electron chi connectivity index (χ1n) is 9.74. The molecule has 0 aliphatic heterocycles. The smallest absolute Gasteiger partial charge is 0.339 e. The summed E-state index contributed by atoms with van der Waals surface area (Å²) in [7, 11) is 1.52. The van der Waals surface area contributed by atoms with Crippen molar-refractivity contribution in [2.75, 3.05) is 12.4 Å². The summed E-state index contributed by atoms with van der Waals surface area (Å²) >= 11 is 0. The molecule has 0 atom stereocenters. The minimum atomic E-state index is -0.991. The summed E-state index contributed by atoms with van der Waals surface area (Å²) in [4.78, 5) is 23.0. The van der Waals surface area contributed by atoms with Crippen molar-refractivity contribution in [3.05, 3.63) is 89.0 Å².